The Bertz CT molecular complexity index is 803. The third-order valence-electron chi connectivity index (χ3n) is 4.48. The molecule has 2 N–H and O–H groups in total. The highest BCUT2D eigenvalue weighted by Crippen LogP contribution is 2.47. The minimum atomic E-state index is -0.357. The van der Waals surface area contributed by atoms with E-state index in [-0.39, 0.29) is 11.6 Å². The normalized spacial score (nSPS) is 14.6. The van der Waals surface area contributed by atoms with Gasteiger partial charge in [0.2, 0.25) is 0 Å². The largest absolute Gasteiger partial charge is 0.493 e. The molecule has 2 amide bonds. The van der Waals surface area contributed by atoms with Gasteiger partial charge in [0.05, 0.1) is 19.8 Å². The average Bonchev–Trinajstić information content (AvgIpc) is 3.37. The van der Waals surface area contributed by atoms with Crippen LogP contribution < -0.4 is 20.1 Å². The van der Waals surface area contributed by atoms with Crippen LogP contribution >= 0.6 is 11.6 Å². The van der Waals surface area contributed by atoms with E-state index in [2.05, 4.69) is 10.6 Å². The summed E-state index contributed by atoms with van der Waals surface area (Å²) in [5, 5.41) is 6.62. The second-order valence-electron chi connectivity index (χ2n) is 6.19. The number of amides is 2. The molecule has 1 saturated carbocycles. The fraction of sp³-hybridized carbons (Fsp3) is 0.316. The number of methoxy groups -OCH3 is 2. The molecule has 1 aliphatic rings. The monoisotopic (exact) mass is 360 g/mol. The smallest absolute Gasteiger partial charge is 0.319 e. The Kier molecular flexibility index (Phi) is 4.77. The van der Waals surface area contributed by atoms with Crippen molar-refractivity contribution in [2.75, 3.05) is 19.5 Å². The van der Waals surface area contributed by atoms with Crippen LogP contribution in [0.2, 0.25) is 5.02 Å². The van der Waals surface area contributed by atoms with Crippen molar-refractivity contribution in [2.24, 2.45) is 0 Å². The van der Waals surface area contributed by atoms with Gasteiger partial charge in [-0.2, -0.15) is 0 Å². The number of rotatable bonds is 5. The number of urea groups is 1. The number of benzene rings is 2. The molecule has 25 heavy (non-hydrogen) atoms. The molecule has 1 aliphatic carbocycles. The fourth-order valence-corrected chi connectivity index (χ4v) is 3.11. The lowest BCUT2D eigenvalue weighted by atomic mass is 10.0. The quantitative estimate of drug-likeness (QED) is 0.826. The van der Waals surface area contributed by atoms with E-state index in [9.17, 15) is 4.79 Å². The van der Waals surface area contributed by atoms with Gasteiger partial charge in [0.25, 0.3) is 0 Å². The van der Waals surface area contributed by atoms with Gasteiger partial charge in [0.15, 0.2) is 11.5 Å². The first-order chi connectivity index (χ1) is 12.0. The molecule has 2 aromatic rings. The average molecular weight is 361 g/mol. The number of hydrogen-bond acceptors (Lipinski definition) is 3. The molecule has 0 unspecified atom stereocenters. The van der Waals surface area contributed by atoms with Crippen molar-refractivity contribution in [3.63, 3.8) is 0 Å². The van der Waals surface area contributed by atoms with Crippen molar-refractivity contribution in [2.45, 2.75) is 25.3 Å². The van der Waals surface area contributed by atoms with Crippen LogP contribution in [0.1, 0.15) is 24.0 Å². The first-order valence-corrected chi connectivity index (χ1v) is 8.43. The second-order valence-corrected chi connectivity index (χ2v) is 6.63. The Hall–Kier alpha value is -2.40. The summed E-state index contributed by atoms with van der Waals surface area (Å²) in [6.45, 7) is 1.91. The highest BCUT2D eigenvalue weighted by molar-refractivity contribution is 6.30. The molecule has 0 radical (unpaired) electrons. The summed E-state index contributed by atoms with van der Waals surface area (Å²) < 4.78 is 10.6. The number of ether oxygens (including phenoxy) is 2. The van der Waals surface area contributed by atoms with Crippen LogP contribution in [0.4, 0.5) is 10.5 Å². The maximum atomic E-state index is 12.4. The van der Waals surface area contributed by atoms with Crippen LogP contribution in [0.25, 0.3) is 0 Å². The first-order valence-electron chi connectivity index (χ1n) is 8.05. The number of nitrogens with one attached hydrogen (secondary N) is 2. The zero-order valence-corrected chi connectivity index (χ0v) is 15.2. The lowest BCUT2D eigenvalue weighted by Gasteiger charge is -2.20. The standard InChI is InChI=1S/C19H21ClN2O3/c1-12-10-14(20)5-6-15(12)21-18(23)22-19(8-9-19)13-4-7-16(24-2)17(11-13)25-3/h4-7,10-11H,8-9H2,1-3H3,(H2,21,22,23). The van der Waals surface area contributed by atoms with Gasteiger partial charge in [-0.05, 0) is 61.2 Å². The van der Waals surface area contributed by atoms with Crippen LogP contribution in [0, 0.1) is 6.92 Å². The predicted molar refractivity (Wildman–Crippen MR) is 98.8 cm³/mol. The molecule has 0 aliphatic heterocycles. The topological polar surface area (TPSA) is 59.6 Å². The number of carbonyl (C=O) groups excluding carboxylic acids is 1. The highest BCUT2D eigenvalue weighted by atomic mass is 35.5. The summed E-state index contributed by atoms with van der Waals surface area (Å²) in [4.78, 5) is 12.4. The van der Waals surface area contributed by atoms with Gasteiger partial charge in [0, 0.05) is 10.7 Å². The Morgan fingerprint density at radius 1 is 1.08 bits per heavy atom. The van der Waals surface area contributed by atoms with Crippen molar-refractivity contribution in [1.82, 2.24) is 5.32 Å². The lowest BCUT2D eigenvalue weighted by Crippen LogP contribution is -2.38. The number of halogens is 1. The number of carbonyl (C=O) groups is 1. The van der Waals surface area contributed by atoms with E-state index in [1.165, 1.54) is 0 Å². The van der Waals surface area contributed by atoms with E-state index in [0.29, 0.717) is 16.5 Å². The Labute approximate surface area is 152 Å². The van der Waals surface area contributed by atoms with E-state index in [4.69, 9.17) is 21.1 Å². The molecular weight excluding hydrogens is 340 g/mol. The van der Waals surface area contributed by atoms with Crippen LogP contribution in [0.15, 0.2) is 36.4 Å². The minimum Gasteiger partial charge on any atom is -0.493 e. The van der Waals surface area contributed by atoms with E-state index in [1.807, 2.05) is 31.2 Å². The number of anilines is 1. The molecule has 0 heterocycles. The summed E-state index contributed by atoms with van der Waals surface area (Å²) in [7, 11) is 3.20. The lowest BCUT2D eigenvalue weighted by molar-refractivity contribution is 0.247. The predicted octanol–water partition coefficient (Wildman–Crippen LogP) is 4.48. The molecule has 0 spiro atoms. The third-order valence-corrected chi connectivity index (χ3v) is 4.71. The molecule has 5 nitrogen and oxygen atoms in total. The second kappa shape index (κ2) is 6.84. The van der Waals surface area contributed by atoms with E-state index in [1.54, 1.807) is 26.4 Å². The Morgan fingerprint density at radius 3 is 2.40 bits per heavy atom. The van der Waals surface area contributed by atoms with Crippen molar-refractivity contribution in [3.05, 3.63) is 52.5 Å². The van der Waals surface area contributed by atoms with Gasteiger partial charge < -0.3 is 20.1 Å². The SMILES string of the molecule is COc1ccc(C2(NC(=O)Nc3ccc(Cl)cc3C)CC2)cc1OC. The van der Waals surface area contributed by atoms with E-state index < -0.39 is 0 Å². The van der Waals surface area contributed by atoms with Gasteiger partial charge >= 0.3 is 6.03 Å². The van der Waals surface area contributed by atoms with Crippen LogP contribution in [-0.4, -0.2) is 20.3 Å². The third kappa shape index (κ3) is 3.66. The number of aryl methyl sites for hydroxylation is 1. The summed E-state index contributed by atoms with van der Waals surface area (Å²) in [5.74, 6) is 1.32. The van der Waals surface area contributed by atoms with E-state index >= 15 is 0 Å². The zero-order chi connectivity index (χ0) is 18.0. The summed E-state index contributed by atoms with van der Waals surface area (Å²) in [6, 6.07) is 10.9. The van der Waals surface area contributed by atoms with Crippen molar-refractivity contribution >= 4 is 23.3 Å². The van der Waals surface area contributed by atoms with E-state index in [0.717, 1.165) is 29.7 Å². The van der Waals surface area contributed by atoms with Gasteiger partial charge in [-0.25, -0.2) is 4.79 Å². The molecule has 1 fully saturated rings. The molecule has 0 bridgehead atoms. The minimum absolute atomic E-state index is 0.238. The van der Waals surface area contributed by atoms with Crippen LogP contribution in [0.3, 0.4) is 0 Å². The van der Waals surface area contributed by atoms with Gasteiger partial charge in [-0.15, -0.1) is 0 Å². The number of hydrogen-bond donors (Lipinski definition) is 2. The molecule has 3 rings (SSSR count). The van der Waals surface area contributed by atoms with Crippen molar-refractivity contribution < 1.29 is 14.3 Å². The maximum absolute atomic E-state index is 12.4. The molecule has 132 valence electrons. The fourth-order valence-electron chi connectivity index (χ4n) is 2.88. The molecular formula is C19H21ClN2O3. The highest BCUT2D eigenvalue weighted by Gasteiger charge is 2.46. The molecule has 0 aromatic heterocycles. The van der Waals surface area contributed by atoms with Gasteiger partial charge in [-0.3, -0.25) is 0 Å². The summed E-state index contributed by atoms with van der Waals surface area (Å²) >= 11 is 5.95. The van der Waals surface area contributed by atoms with Crippen molar-refractivity contribution in [3.8, 4) is 11.5 Å². The molecule has 6 heteroatoms. The summed E-state index contributed by atoms with van der Waals surface area (Å²) in [5.41, 5.74) is 2.31. The van der Waals surface area contributed by atoms with Gasteiger partial charge in [-0.1, -0.05) is 17.7 Å². The van der Waals surface area contributed by atoms with Crippen molar-refractivity contribution in [1.29, 1.82) is 0 Å². The molecule has 0 saturated heterocycles. The summed E-state index contributed by atoms with van der Waals surface area (Å²) in [6.07, 6.45) is 1.77. The van der Waals surface area contributed by atoms with Crippen LogP contribution in [-0.2, 0) is 5.54 Å². The first kappa shape index (κ1) is 17.4. The zero-order valence-electron chi connectivity index (χ0n) is 14.5. The molecule has 2 aromatic carbocycles. The van der Waals surface area contributed by atoms with Gasteiger partial charge in [0.1, 0.15) is 0 Å². The maximum Gasteiger partial charge on any atom is 0.319 e. The van der Waals surface area contributed by atoms with Crippen LogP contribution in [0.5, 0.6) is 11.5 Å². The Balaban J connectivity index is 1.74. The molecule has 0 atom stereocenters. The Morgan fingerprint density at radius 2 is 1.80 bits per heavy atom.